The summed E-state index contributed by atoms with van der Waals surface area (Å²) in [7, 11) is 0. The summed E-state index contributed by atoms with van der Waals surface area (Å²) in [6.45, 7) is 0. The highest BCUT2D eigenvalue weighted by Gasteiger charge is 2.13. The first-order valence-corrected chi connectivity index (χ1v) is 5.72. The van der Waals surface area contributed by atoms with Crippen LogP contribution in [0.3, 0.4) is 0 Å². The first-order chi connectivity index (χ1) is 9.76. The maximum Gasteiger partial charge on any atom is 0.258 e. The molecule has 3 aromatic rings. The molecule has 0 bridgehead atoms. The van der Waals surface area contributed by atoms with Crippen molar-refractivity contribution in [2.24, 2.45) is 0 Å². The molecule has 0 saturated carbocycles. The SMILES string of the molecule is N#Cc1cc(F)cc(-c2nc(-c3ccccn3)no2)c1. The molecule has 0 aliphatic carbocycles. The van der Waals surface area contributed by atoms with Crippen LogP contribution in [-0.2, 0) is 0 Å². The summed E-state index contributed by atoms with van der Waals surface area (Å²) >= 11 is 0. The van der Waals surface area contributed by atoms with Gasteiger partial charge >= 0.3 is 0 Å². The Morgan fingerprint density at radius 2 is 2.10 bits per heavy atom. The number of hydrogen-bond acceptors (Lipinski definition) is 5. The van der Waals surface area contributed by atoms with Crippen molar-refractivity contribution in [2.45, 2.75) is 0 Å². The quantitative estimate of drug-likeness (QED) is 0.712. The smallest absolute Gasteiger partial charge is 0.258 e. The van der Waals surface area contributed by atoms with E-state index in [2.05, 4.69) is 15.1 Å². The van der Waals surface area contributed by atoms with Crippen molar-refractivity contribution in [1.29, 1.82) is 5.26 Å². The van der Waals surface area contributed by atoms with Crippen molar-refractivity contribution >= 4 is 0 Å². The lowest BCUT2D eigenvalue weighted by Gasteiger charge is -1.96. The second-order valence-electron chi connectivity index (χ2n) is 3.98. The van der Waals surface area contributed by atoms with Crippen LogP contribution >= 0.6 is 0 Å². The zero-order valence-corrected chi connectivity index (χ0v) is 10.1. The molecule has 1 aromatic carbocycles. The predicted octanol–water partition coefficient (Wildman–Crippen LogP) is 2.81. The van der Waals surface area contributed by atoms with Gasteiger partial charge in [0.15, 0.2) is 0 Å². The second kappa shape index (κ2) is 4.90. The van der Waals surface area contributed by atoms with Gasteiger partial charge in [0.25, 0.3) is 5.89 Å². The standard InChI is InChI=1S/C14H7FN4O/c15-11-6-9(8-16)5-10(7-11)14-18-13(19-20-14)12-3-1-2-4-17-12/h1-7H. The molecule has 0 fully saturated rings. The van der Waals surface area contributed by atoms with E-state index in [-0.39, 0.29) is 11.5 Å². The Kier molecular flexibility index (Phi) is 2.94. The molecule has 0 saturated heterocycles. The third-order valence-corrected chi connectivity index (χ3v) is 2.59. The number of nitriles is 1. The molecule has 0 radical (unpaired) electrons. The molecule has 20 heavy (non-hydrogen) atoms. The number of benzene rings is 1. The predicted molar refractivity (Wildman–Crippen MR) is 67.6 cm³/mol. The molecule has 0 N–H and O–H groups in total. The minimum Gasteiger partial charge on any atom is -0.334 e. The minimum atomic E-state index is -0.531. The fourth-order valence-corrected chi connectivity index (χ4v) is 1.72. The van der Waals surface area contributed by atoms with Crippen LogP contribution in [0.25, 0.3) is 23.0 Å². The van der Waals surface area contributed by atoms with Crippen LogP contribution in [-0.4, -0.2) is 15.1 Å². The molecular formula is C14H7FN4O. The molecule has 0 unspecified atom stereocenters. The Bertz CT molecular complexity index is 792. The number of hydrogen-bond donors (Lipinski definition) is 0. The highest BCUT2D eigenvalue weighted by Crippen LogP contribution is 2.22. The van der Waals surface area contributed by atoms with Gasteiger partial charge in [-0.2, -0.15) is 10.2 Å². The first kappa shape index (κ1) is 12.0. The van der Waals surface area contributed by atoms with Crippen LogP contribution in [0.4, 0.5) is 4.39 Å². The second-order valence-corrected chi connectivity index (χ2v) is 3.98. The summed E-state index contributed by atoms with van der Waals surface area (Å²) in [6, 6.07) is 11.0. The number of nitrogens with zero attached hydrogens (tertiary/aromatic N) is 4. The van der Waals surface area contributed by atoms with Crippen LogP contribution in [0.15, 0.2) is 47.1 Å². The number of rotatable bonds is 2. The highest BCUT2D eigenvalue weighted by molar-refractivity contribution is 5.59. The molecule has 6 heteroatoms. The third kappa shape index (κ3) is 2.24. The van der Waals surface area contributed by atoms with E-state index in [0.717, 1.165) is 6.07 Å². The zero-order chi connectivity index (χ0) is 13.9. The monoisotopic (exact) mass is 266 g/mol. The van der Waals surface area contributed by atoms with Gasteiger partial charge in [0.1, 0.15) is 11.5 Å². The Balaban J connectivity index is 2.03. The normalized spacial score (nSPS) is 10.2. The fourth-order valence-electron chi connectivity index (χ4n) is 1.72. The molecule has 96 valence electrons. The van der Waals surface area contributed by atoms with Gasteiger partial charge in [0, 0.05) is 11.8 Å². The van der Waals surface area contributed by atoms with Crippen molar-refractivity contribution < 1.29 is 8.91 Å². The van der Waals surface area contributed by atoms with Gasteiger partial charge in [-0.05, 0) is 30.3 Å². The molecule has 0 aliphatic heterocycles. The van der Waals surface area contributed by atoms with Gasteiger partial charge in [-0.15, -0.1) is 0 Å². The van der Waals surface area contributed by atoms with E-state index in [1.54, 1.807) is 24.4 Å². The Labute approximate surface area is 113 Å². The first-order valence-electron chi connectivity index (χ1n) is 5.72. The van der Waals surface area contributed by atoms with Crippen molar-refractivity contribution in [1.82, 2.24) is 15.1 Å². The average Bonchev–Trinajstić information content (AvgIpc) is 2.97. The summed E-state index contributed by atoms with van der Waals surface area (Å²) in [5.41, 5.74) is 1.10. The van der Waals surface area contributed by atoms with Gasteiger partial charge < -0.3 is 4.52 Å². The lowest BCUT2D eigenvalue weighted by Crippen LogP contribution is -1.86. The van der Waals surface area contributed by atoms with Gasteiger partial charge in [0.05, 0.1) is 11.6 Å². The summed E-state index contributed by atoms with van der Waals surface area (Å²) < 4.78 is 18.5. The molecule has 0 amide bonds. The number of halogens is 1. The van der Waals surface area contributed by atoms with Crippen molar-refractivity contribution in [3.63, 3.8) is 0 Å². The van der Waals surface area contributed by atoms with E-state index in [1.807, 2.05) is 6.07 Å². The van der Waals surface area contributed by atoms with E-state index >= 15 is 0 Å². The van der Waals surface area contributed by atoms with Gasteiger partial charge in [-0.3, -0.25) is 4.98 Å². The summed E-state index contributed by atoms with van der Waals surface area (Å²) in [5.74, 6) is -0.0818. The van der Waals surface area contributed by atoms with Crippen LogP contribution in [0.2, 0.25) is 0 Å². The molecule has 2 heterocycles. The van der Waals surface area contributed by atoms with E-state index in [9.17, 15) is 4.39 Å². The molecule has 2 aromatic heterocycles. The maximum absolute atomic E-state index is 13.4. The Morgan fingerprint density at radius 3 is 2.85 bits per heavy atom. The molecule has 0 spiro atoms. The van der Waals surface area contributed by atoms with Crippen molar-refractivity contribution in [2.75, 3.05) is 0 Å². The van der Waals surface area contributed by atoms with Gasteiger partial charge in [-0.1, -0.05) is 11.2 Å². The van der Waals surface area contributed by atoms with E-state index < -0.39 is 5.82 Å². The van der Waals surface area contributed by atoms with E-state index in [0.29, 0.717) is 17.1 Å². The lowest BCUT2D eigenvalue weighted by molar-refractivity contribution is 0.432. The maximum atomic E-state index is 13.4. The zero-order valence-electron chi connectivity index (χ0n) is 10.1. The highest BCUT2D eigenvalue weighted by atomic mass is 19.1. The van der Waals surface area contributed by atoms with Crippen LogP contribution in [0.1, 0.15) is 5.56 Å². The van der Waals surface area contributed by atoms with Crippen LogP contribution < -0.4 is 0 Å². The van der Waals surface area contributed by atoms with Crippen LogP contribution in [0, 0.1) is 17.1 Å². The topological polar surface area (TPSA) is 75.6 Å². The molecule has 5 nitrogen and oxygen atoms in total. The van der Waals surface area contributed by atoms with Crippen LogP contribution in [0.5, 0.6) is 0 Å². The van der Waals surface area contributed by atoms with E-state index in [4.69, 9.17) is 9.78 Å². The summed E-state index contributed by atoms with van der Waals surface area (Å²) in [6.07, 6.45) is 1.61. The fraction of sp³-hybridized carbons (Fsp3) is 0. The summed E-state index contributed by atoms with van der Waals surface area (Å²) in [4.78, 5) is 8.25. The van der Waals surface area contributed by atoms with Gasteiger partial charge in [-0.25, -0.2) is 4.39 Å². The average molecular weight is 266 g/mol. The Hall–Kier alpha value is -3.07. The largest absolute Gasteiger partial charge is 0.334 e. The van der Waals surface area contributed by atoms with Crippen molar-refractivity contribution in [3.05, 3.63) is 54.0 Å². The summed E-state index contributed by atoms with van der Waals surface area (Å²) in [5, 5.41) is 12.6. The molecular weight excluding hydrogens is 259 g/mol. The number of pyridine rings is 1. The van der Waals surface area contributed by atoms with E-state index in [1.165, 1.54) is 12.1 Å². The Morgan fingerprint density at radius 1 is 1.20 bits per heavy atom. The third-order valence-electron chi connectivity index (χ3n) is 2.59. The van der Waals surface area contributed by atoms with Crippen molar-refractivity contribution in [3.8, 4) is 29.0 Å². The molecule has 0 aliphatic rings. The molecule has 0 atom stereocenters. The number of aromatic nitrogens is 3. The lowest BCUT2D eigenvalue weighted by atomic mass is 10.1. The van der Waals surface area contributed by atoms with Gasteiger partial charge in [0.2, 0.25) is 5.82 Å². The molecule has 3 rings (SSSR count). The minimum absolute atomic E-state index is 0.140.